The molecule has 1 unspecified atom stereocenters. The molecule has 0 aliphatic carbocycles. The zero-order valence-electron chi connectivity index (χ0n) is 11.2. The van der Waals surface area contributed by atoms with Gasteiger partial charge in [0.05, 0.1) is 5.56 Å². The molecule has 0 aromatic carbocycles. The van der Waals surface area contributed by atoms with Gasteiger partial charge in [-0.1, -0.05) is 26.1 Å². The molecule has 2 rings (SSSR count). The molecule has 1 aromatic heterocycles. The second kappa shape index (κ2) is 5.18. The van der Waals surface area contributed by atoms with E-state index >= 15 is 0 Å². The summed E-state index contributed by atoms with van der Waals surface area (Å²) in [5.41, 5.74) is 6.54. The molecule has 1 atom stereocenters. The van der Waals surface area contributed by atoms with Crippen molar-refractivity contribution in [2.75, 3.05) is 18.0 Å². The highest BCUT2D eigenvalue weighted by atomic mass is 32.1. The lowest BCUT2D eigenvalue weighted by molar-refractivity contribution is 0.422. The van der Waals surface area contributed by atoms with E-state index in [1.807, 2.05) is 6.92 Å². The van der Waals surface area contributed by atoms with Crippen molar-refractivity contribution in [2.45, 2.75) is 27.2 Å². The van der Waals surface area contributed by atoms with Crippen LogP contribution in [-0.2, 0) is 0 Å². The zero-order valence-corrected chi connectivity index (χ0v) is 12.0. The standard InChI is InChI=1S/C13H20N4S/c1-8(2)10-4-5-17(7-10)13-11(12(14)18)6-15-9(3)16-13/h6,8,10H,4-5,7H2,1-3H3,(H2,14,18). The summed E-state index contributed by atoms with van der Waals surface area (Å²) < 4.78 is 0. The van der Waals surface area contributed by atoms with Gasteiger partial charge in [-0.25, -0.2) is 9.97 Å². The Morgan fingerprint density at radius 3 is 2.83 bits per heavy atom. The van der Waals surface area contributed by atoms with E-state index in [4.69, 9.17) is 18.0 Å². The van der Waals surface area contributed by atoms with Gasteiger partial charge in [-0.05, 0) is 25.2 Å². The zero-order chi connectivity index (χ0) is 13.3. The molecular formula is C13H20N4S. The maximum absolute atomic E-state index is 5.75. The fourth-order valence-electron chi connectivity index (χ4n) is 2.40. The molecule has 1 fully saturated rings. The molecule has 0 saturated carbocycles. The Labute approximate surface area is 114 Å². The normalized spacial score (nSPS) is 19.6. The number of thiocarbonyl (C=S) groups is 1. The van der Waals surface area contributed by atoms with Gasteiger partial charge in [0.2, 0.25) is 0 Å². The minimum Gasteiger partial charge on any atom is -0.389 e. The summed E-state index contributed by atoms with van der Waals surface area (Å²) in [4.78, 5) is 11.4. The Morgan fingerprint density at radius 1 is 1.56 bits per heavy atom. The maximum Gasteiger partial charge on any atom is 0.142 e. The first-order chi connectivity index (χ1) is 8.49. The van der Waals surface area contributed by atoms with Crippen LogP contribution < -0.4 is 10.6 Å². The van der Waals surface area contributed by atoms with Crippen LogP contribution in [0.5, 0.6) is 0 Å². The van der Waals surface area contributed by atoms with Gasteiger partial charge in [0.25, 0.3) is 0 Å². The van der Waals surface area contributed by atoms with Crippen LogP contribution in [-0.4, -0.2) is 28.0 Å². The Hall–Kier alpha value is -1.23. The van der Waals surface area contributed by atoms with Crippen LogP contribution >= 0.6 is 12.2 Å². The minimum absolute atomic E-state index is 0.373. The largest absolute Gasteiger partial charge is 0.389 e. The van der Waals surface area contributed by atoms with Crippen molar-refractivity contribution in [1.29, 1.82) is 0 Å². The smallest absolute Gasteiger partial charge is 0.142 e. The molecular weight excluding hydrogens is 244 g/mol. The number of hydrogen-bond acceptors (Lipinski definition) is 4. The Kier molecular flexibility index (Phi) is 3.80. The summed E-state index contributed by atoms with van der Waals surface area (Å²) in [5.74, 6) is 3.09. The van der Waals surface area contributed by atoms with Gasteiger partial charge in [0.15, 0.2) is 0 Å². The highest BCUT2D eigenvalue weighted by Crippen LogP contribution is 2.28. The van der Waals surface area contributed by atoms with Crippen molar-refractivity contribution in [3.8, 4) is 0 Å². The number of nitrogens with two attached hydrogens (primary N) is 1. The van der Waals surface area contributed by atoms with Crippen LogP contribution in [0.1, 0.15) is 31.7 Å². The van der Waals surface area contributed by atoms with E-state index in [1.54, 1.807) is 6.20 Å². The first-order valence-corrected chi connectivity index (χ1v) is 6.78. The summed E-state index contributed by atoms with van der Waals surface area (Å²) in [6.45, 7) is 8.49. The van der Waals surface area contributed by atoms with Crippen LogP contribution in [0.15, 0.2) is 6.20 Å². The molecule has 18 heavy (non-hydrogen) atoms. The molecule has 4 nitrogen and oxygen atoms in total. The van der Waals surface area contributed by atoms with Gasteiger partial charge in [-0.3, -0.25) is 0 Å². The van der Waals surface area contributed by atoms with Crippen LogP contribution in [0.25, 0.3) is 0 Å². The molecule has 0 amide bonds. The molecule has 1 aliphatic heterocycles. The highest BCUT2D eigenvalue weighted by Gasteiger charge is 2.27. The van der Waals surface area contributed by atoms with Gasteiger partial charge >= 0.3 is 0 Å². The number of aryl methyl sites for hydroxylation is 1. The third-order valence-corrected chi connectivity index (χ3v) is 3.84. The summed E-state index contributed by atoms with van der Waals surface area (Å²) in [6, 6.07) is 0. The van der Waals surface area contributed by atoms with E-state index in [1.165, 1.54) is 6.42 Å². The average Bonchev–Trinajstić information content (AvgIpc) is 2.77. The van der Waals surface area contributed by atoms with Gasteiger partial charge in [-0.15, -0.1) is 0 Å². The first kappa shape index (κ1) is 13.2. The maximum atomic E-state index is 5.75. The van der Waals surface area contributed by atoms with E-state index in [9.17, 15) is 0 Å². The second-order valence-corrected chi connectivity index (χ2v) is 5.70. The van der Waals surface area contributed by atoms with Gasteiger partial charge in [0, 0.05) is 19.3 Å². The highest BCUT2D eigenvalue weighted by molar-refractivity contribution is 7.80. The summed E-state index contributed by atoms with van der Waals surface area (Å²) in [6.07, 6.45) is 2.94. The first-order valence-electron chi connectivity index (χ1n) is 6.37. The van der Waals surface area contributed by atoms with Crippen molar-refractivity contribution >= 4 is 23.0 Å². The third kappa shape index (κ3) is 2.61. The van der Waals surface area contributed by atoms with Crippen molar-refractivity contribution < 1.29 is 0 Å². The Morgan fingerprint density at radius 2 is 2.28 bits per heavy atom. The Balaban J connectivity index is 2.28. The predicted molar refractivity (Wildman–Crippen MR) is 77.8 cm³/mol. The van der Waals surface area contributed by atoms with Crippen molar-refractivity contribution in [1.82, 2.24) is 9.97 Å². The number of aromatic nitrogens is 2. The average molecular weight is 264 g/mol. The number of nitrogens with zero attached hydrogens (tertiary/aromatic N) is 3. The summed E-state index contributed by atoms with van der Waals surface area (Å²) in [7, 11) is 0. The van der Waals surface area contributed by atoms with Crippen LogP contribution in [0.2, 0.25) is 0 Å². The SMILES string of the molecule is Cc1ncc(C(N)=S)c(N2CCC(C(C)C)C2)n1. The molecule has 2 heterocycles. The minimum atomic E-state index is 0.373. The molecule has 5 heteroatoms. The fraction of sp³-hybridized carbons (Fsp3) is 0.615. The molecule has 1 aromatic rings. The van der Waals surface area contributed by atoms with E-state index in [0.717, 1.165) is 36.2 Å². The van der Waals surface area contributed by atoms with E-state index in [-0.39, 0.29) is 0 Å². The summed E-state index contributed by atoms with van der Waals surface area (Å²) >= 11 is 5.08. The van der Waals surface area contributed by atoms with E-state index < -0.39 is 0 Å². The van der Waals surface area contributed by atoms with E-state index in [0.29, 0.717) is 10.9 Å². The van der Waals surface area contributed by atoms with Gasteiger partial charge in [-0.2, -0.15) is 0 Å². The number of anilines is 1. The summed E-state index contributed by atoms with van der Waals surface area (Å²) in [5, 5.41) is 0. The van der Waals surface area contributed by atoms with Crippen molar-refractivity contribution in [2.24, 2.45) is 17.6 Å². The topological polar surface area (TPSA) is 55.0 Å². The van der Waals surface area contributed by atoms with Crippen molar-refractivity contribution in [3.05, 3.63) is 17.6 Å². The van der Waals surface area contributed by atoms with Crippen molar-refractivity contribution in [3.63, 3.8) is 0 Å². The fourth-order valence-corrected chi connectivity index (χ4v) is 2.54. The molecule has 2 N–H and O–H groups in total. The lowest BCUT2D eigenvalue weighted by Crippen LogP contribution is -2.26. The monoisotopic (exact) mass is 264 g/mol. The van der Waals surface area contributed by atoms with Gasteiger partial charge < -0.3 is 10.6 Å². The van der Waals surface area contributed by atoms with E-state index in [2.05, 4.69) is 28.7 Å². The quantitative estimate of drug-likeness (QED) is 0.845. The molecule has 1 saturated heterocycles. The van der Waals surface area contributed by atoms with Crippen LogP contribution in [0.4, 0.5) is 5.82 Å². The number of rotatable bonds is 3. The molecule has 0 radical (unpaired) electrons. The molecule has 1 aliphatic rings. The molecule has 98 valence electrons. The van der Waals surface area contributed by atoms with Crippen LogP contribution in [0.3, 0.4) is 0 Å². The lowest BCUT2D eigenvalue weighted by atomic mass is 9.95. The lowest BCUT2D eigenvalue weighted by Gasteiger charge is -2.21. The predicted octanol–water partition coefficient (Wildman–Crippen LogP) is 1.90. The number of hydrogen-bond donors (Lipinski definition) is 1. The third-order valence-electron chi connectivity index (χ3n) is 3.62. The van der Waals surface area contributed by atoms with Crippen LogP contribution in [0, 0.1) is 18.8 Å². The molecule has 0 spiro atoms. The van der Waals surface area contributed by atoms with Gasteiger partial charge in [0.1, 0.15) is 16.6 Å². The molecule has 0 bridgehead atoms. The second-order valence-electron chi connectivity index (χ2n) is 5.26. The Bertz CT molecular complexity index is 458.